The molecule has 0 radical (unpaired) electrons. The van der Waals surface area contributed by atoms with E-state index >= 15 is 0 Å². The molecule has 116 heavy (non-hydrogen) atoms. The summed E-state index contributed by atoms with van der Waals surface area (Å²) >= 11 is 5.53. The van der Waals surface area contributed by atoms with E-state index in [1.165, 1.54) is 140 Å². The quantitative estimate of drug-likeness (QED) is 0.0119. The molecule has 618 valence electrons. The van der Waals surface area contributed by atoms with Crippen LogP contribution < -0.4 is 76.1 Å². The van der Waals surface area contributed by atoms with Gasteiger partial charge in [-0.15, -0.1) is 0 Å². The number of phenols is 1. The number of aliphatic carboxylic acids is 1. The number of carboxylic acid groups (broad SMARTS) is 1. The number of anilines is 6. The van der Waals surface area contributed by atoms with Crippen LogP contribution in [0, 0.1) is 0 Å². The van der Waals surface area contributed by atoms with E-state index in [4.69, 9.17) is 46.9 Å². The van der Waals surface area contributed by atoms with Crippen molar-refractivity contribution in [2.45, 2.75) is 88.0 Å². The van der Waals surface area contributed by atoms with E-state index in [1.807, 2.05) is 0 Å². The van der Waals surface area contributed by atoms with Gasteiger partial charge in [0.1, 0.15) is 76.7 Å². The van der Waals surface area contributed by atoms with Crippen molar-refractivity contribution in [2.75, 3.05) is 53.6 Å². The number of hydrogen-bond donors (Lipinski definition) is 9. The van der Waals surface area contributed by atoms with E-state index in [0.29, 0.717) is 56.9 Å². The molecule has 5 amide bonds. The Kier molecular flexibility index (Phi) is 51.4. The number of carbonyl (C=O) groups is 8. The van der Waals surface area contributed by atoms with Gasteiger partial charge in [0.2, 0.25) is 47.2 Å². The Labute approximate surface area is 690 Å². The van der Waals surface area contributed by atoms with Gasteiger partial charge in [0.05, 0.1) is 56.7 Å². The summed E-state index contributed by atoms with van der Waals surface area (Å²) in [4.78, 5) is 119. The van der Waals surface area contributed by atoms with Crippen LogP contribution in [0.1, 0.15) is 83.4 Å². The van der Waals surface area contributed by atoms with E-state index < -0.39 is 35.4 Å². The Balaban J connectivity index is -0.00000135. The maximum atomic E-state index is 13.0. The normalized spacial score (nSPS) is 9.61. The van der Waals surface area contributed by atoms with Gasteiger partial charge in [-0.1, -0.05) is 107 Å². The van der Waals surface area contributed by atoms with Crippen LogP contribution in [0.3, 0.4) is 0 Å². The van der Waals surface area contributed by atoms with E-state index in [1.54, 1.807) is 84.9 Å². The molecule has 0 unspecified atom stereocenters. The number of hydrogen-bond acceptors (Lipinski definition) is 25. The number of aromatic nitrogens is 8. The molecule has 13 N–H and O–H groups in total. The number of benzene rings is 6. The molecule has 0 aliphatic carbocycles. The molecule has 4 aromatic heterocycles. The molecule has 40 heteroatoms. The molecule has 0 spiro atoms. The first kappa shape index (κ1) is 107. The maximum Gasteiger partial charge on any atom is 1.00 e. The number of aliphatic hydroxyl groups excluding tert-OH is 1. The van der Waals surface area contributed by atoms with Gasteiger partial charge in [0.15, 0.2) is 0 Å². The van der Waals surface area contributed by atoms with Crippen LogP contribution in [0.25, 0.3) is 0 Å². The number of amides is 5. The maximum absolute atomic E-state index is 13.0. The Hall–Kier alpha value is -12.9. The van der Waals surface area contributed by atoms with Gasteiger partial charge in [0.25, 0.3) is 0 Å². The van der Waals surface area contributed by atoms with E-state index in [2.05, 4.69) is 75.9 Å². The minimum Gasteiger partial charge on any atom is -0.870 e. The number of para-hydroxylation sites is 2. The van der Waals surface area contributed by atoms with Crippen LogP contribution in [0.15, 0.2) is 195 Å². The average Bonchev–Trinajstić information content (AvgIpc) is 0.890. The second kappa shape index (κ2) is 55.6. The first-order valence-corrected chi connectivity index (χ1v) is 31.9. The second-order valence-corrected chi connectivity index (χ2v) is 21.9. The van der Waals surface area contributed by atoms with Gasteiger partial charge in [-0.3, -0.25) is 38.4 Å². The van der Waals surface area contributed by atoms with Crippen LogP contribution in [0.4, 0.5) is 61.0 Å². The van der Waals surface area contributed by atoms with Crippen molar-refractivity contribution < 1.29 is 144 Å². The summed E-state index contributed by atoms with van der Waals surface area (Å²) in [7, 11) is 3.70. The largest absolute Gasteiger partial charge is 1.00 e. The zero-order chi connectivity index (χ0) is 81.3. The number of rotatable bonds is 19. The van der Waals surface area contributed by atoms with E-state index in [9.17, 15) is 64.7 Å². The summed E-state index contributed by atoms with van der Waals surface area (Å²) < 4.78 is 101. The molecule has 0 fully saturated rings. The van der Waals surface area contributed by atoms with Gasteiger partial charge in [-0.05, 0) is 95.1 Å². The van der Waals surface area contributed by atoms with Crippen molar-refractivity contribution in [3.8, 4) is 40.6 Å². The third-order valence-corrected chi connectivity index (χ3v) is 13.0. The van der Waals surface area contributed by atoms with Crippen molar-refractivity contribution >= 4 is 93.7 Å². The van der Waals surface area contributed by atoms with Crippen LogP contribution >= 0.6 is 11.6 Å². The van der Waals surface area contributed by atoms with Gasteiger partial charge in [-0.2, -0.15) is 26.3 Å². The summed E-state index contributed by atoms with van der Waals surface area (Å²) in [5.41, 5.74) is 5.78. The summed E-state index contributed by atoms with van der Waals surface area (Å²) in [6.45, 7) is 5.52. The van der Waals surface area contributed by atoms with Gasteiger partial charge in [0, 0.05) is 64.8 Å². The number of carbonyl (C=O) groups excluding carboxylic acids is 7. The average molecular weight is 1660 g/mol. The molecule has 0 bridgehead atoms. The number of ether oxygens (including phenoxy) is 5. The number of aliphatic hydroxyl groups is 1. The van der Waals surface area contributed by atoms with Crippen molar-refractivity contribution in [2.24, 2.45) is 0 Å². The Morgan fingerprint density at radius 2 is 0.733 bits per heavy atom. The molecule has 4 heterocycles. The number of phenolic OH excluding ortho intramolecular Hbond substituents is 1. The molecule has 10 aromatic rings. The predicted octanol–water partition coefficient (Wildman–Crippen LogP) is 10.2. The minimum absolute atomic E-state index is 0. The number of nitrogen functional groups attached to an aromatic ring is 1. The zero-order valence-corrected chi connectivity index (χ0v) is 64.0. The first-order chi connectivity index (χ1) is 52.2. The predicted molar refractivity (Wildman–Crippen MR) is 414 cm³/mol. The van der Waals surface area contributed by atoms with Gasteiger partial charge >= 0.3 is 59.8 Å². The second-order valence-electron chi connectivity index (χ2n) is 21.5. The number of nitrogens with one attached hydrogen (secondary N) is 5. The zero-order valence-electron chi connectivity index (χ0n) is 61.2. The summed E-state index contributed by atoms with van der Waals surface area (Å²) in [6.07, 6.45) is -3.52. The topological polar surface area (TPSA) is 494 Å². The minimum atomic E-state index is -4.57. The first-order valence-electron chi connectivity index (χ1n) is 31.5. The monoisotopic (exact) mass is 1650 g/mol. The van der Waals surface area contributed by atoms with Crippen molar-refractivity contribution in [1.82, 2.24) is 39.9 Å². The number of methoxy groups -OCH3 is 2. The van der Waals surface area contributed by atoms with Crippen molar-refractivity contribution in [3.05, 3.63) is 234 Å². The standard InChI is InChI=1S/C21H17F3N4O3.C15H15N3O4.C14H13N3O4.C9H10O3.C7H6F3N.C6H6ClN3O.CH4O.3CH4.Na.2H2O/c1-13(29)27-18-11-20(26-12-25-18)31-15-8-6-14(7-9-15)10-19(30)28-17-5-3-2-4-16(17)21(22,23)24;1-10(19)18-13-8-14(17-9-16-13)22-12-5-3-11(4-6-12)7-15(20)21-2;1-9(18)17-12-7-13(16-8-15-12)21-11-4-2-10(3-5-11)6-14(19)20;1-12-9(11)6-7-2-4-8(10)5-3-7;8-7(9,10)5-3-1-2-4-6(5)11;1-4(11)10-6-2-5(7)8-3-9-6;1-2;;;;;;/h2-9,11-12H,10H2,1H3,(H,28,30)(H,25,26,27,29);3-6,8-9H,7H2,1-2H3,(H,16,17,18,19);2-5,7-8H,6H2,1H3,(H,19,20)(H,15,16,17,18);2-5,10H,6H2,1H3;1-4H,11H2;2-3H,1H3,(H,8,9,10,11);2H,1H3;3*1H4;;2*1H2/q;;;;;;;;;;+1;;/p-1. The molecular formula is C76H86ClF6N14NaO18. The smallest absolute Gasteiger partial charge is 0.870 e. The number of nitrogens with two attached hydrogens (primary N) is 1. The number of carboxylic acids is 1. The summed E-state index contributed by atoms with van der Waals surface area (Å²) in [5, 5.41) is 37.3. The van der Waals surface area contributed by atoms with Crippen LogP contribution in [0.2, 0.25) is 5.15 Å². The SMILES string of the molecule is C.C.C.CC(=O)Nc1cc(Cl)ncn1.CC(=O)Nc1cc(Oc2ccc(CC(=O)Nc3ccccc3C(F)(F)F)cc2)ncn1.CC(=O)Nc1cc(Oc2ccc(CC(=O)O)cc2)ncn1.CO.COC(=O)Cc1ccc(O)cc1.COC(=O)Cc1ccc(Oc2cc(NC(C)=O)ncn2)cc1.Nc1ccccc1C(F)(F)F.O.[Na+].[OH-]. The van der Waals surface area contributed by atoms with E-state index in [-0.39, 0.29) is 159 Å². The summed E-state index contributed by atoms with van der Waals surface area (Å²) in [5.74, 6) is 0.884. The third kappa shape index (κ3) is 43.3. The fourth-order valence-corrected chi connectivity index (χ4v) is 8.29. The number of esters is 2. The fraction of sp³-hybridized carbons (Fsp3) is 0.211. The number of aromatic hydroxyl groups is 1. The summed E-state index contributed by atoms with van der Waals surface area (Å²) in [6, 6.07) is 42.1. The Bertz CT molecular complexity index is 4670. The van der Waals surface area contributed by atoms with Crippen LogP contribution in [-0.2, 0) is 85.9 Å². The van der Waals surface area contributed by atoms with Crippen molar-refractivity contribution in [3.63, 3.8) is 0 Å². The molecule has 0 aliphatic heterocycles. The van der Waals surface area contributed by atoms with Crippen molar-refractivity contribution in [1.29, 1.82) is 0 Å². The molecule has 10 rings (SSSR count). The molecule has 0 saturated carbocycles. The Morgan fingerprint density at radius 3 is 1.04 bits per heavy atom. The van der Waals surface area contributed by atoms with Crippen LogP contribution in [0.5, 0.6) is 40.6 Å². The number of halogens is 7. The Morgan fingerprint density at radius 1 is 0.431 bits per heavy atom. The molecule has 32 nitrogen and oxygen atoms in total. The fourth-order valence-electron chi connectivity index (χ4n) is 8.14. The third-order valence-electron chi connectivity index (χ3n) is 12.8. The van der Waals surface area contributed by atoms with Crippen LogP contribution in [-0.4, -0.2) is 135 Å². The van der Waals surface area contributed by atoms with Gasteiger partial charge in [-0.25, -0.2) is 39.9 Å². The van der Waals surface area contributed by atoms with E-state index in [0.717, 1.165) is 30.4 Å². The molecular weight excluding hydrogens is 1570 g/mol. The molecule has 0 atom stereocenters. The molecule has 0 aliphatic rings. The number of nitrogens with zero attached hydrogens (tertiary/aromatic N) is 8. The molecule has 6 aromatic carbocycles. The van der Waals surface area contributed by atoms with Gasteiger partial charge < -0.3 is 82.3 Å². The number of alkyl halides is 6. The molecule has 0 saturated heterocycles.